The van der Waals surface area contributed by atoms with Crippen molar-refractivity contribution < 1.29 is 24.2 Å². The molecule has 2 heterocycles. The summed E-state index contributed by atoms with van der Waals surface area (Å²) in [6, 6.07) is 24.2. The van der Waals surface area contributed by atoms with E-state index in [1.165, 1.54) is 6.92 Å². The molecule has 2 amide bonds. The summed E-state index contributed by atoms with van der Waals surface area (Å²) in [6.45, 7) is 4.56. The third-order valence-corrected chi connectivity index (χ3v) is 10.1. The molecule has 0 bridgehead atoms. The fourth-order valence-electron chi connectivity index (χ4n) is 5.43. The largest absolute Gasteiger partial charge is 0.392 e. The minimum Gasteiger partial charge on any atom is -0.392 e. The van der Waals surface area contributed by atoms with E-state index in [4.69, 9.17) is 9.47 Å². The summed E-state index contributed by atoms with van der Waals surface area (Å²) in [4.78, 5) is 23.5. The summed E-state index contributed by atoms with van der Waals surface area (Å²) < 4.78 is 14.0. The number of thioether (sulfide) groups is 1. The number of carbonyl (C=O) groups is 2. The van der Waals surface area contributed by atoms with E-state index in [1.807, 2.05) is 61.5 Å². The molecule has 0 saturated carbocycles. The number of carbonyl (C=O) groups excluding carboxylic acids is 2. The number of unbranched alkanes of at least 4 members (excludes halogenated alkanes) is 2. The molecule has 1 aliphatic rings. The first-order chi connectivity index (χ1) is 22.9. The van der Waals surface area contributed by atoms with E-state index in [0.29, 0.717) is 25.9 Å². The summed E-state index contributed by atoms with van der Waals surface area (Å²) in [5, 5.41) is 24.7. The van der Waals surface area contributed by atoms with Crippen LogP contribution in [0, 0.1) is 6.92 Å². The summed E-state index contributed by atoms with van der Waals surface area (Å²) in [5.41, 5.74) is 5.98. The topological polar surface area (TPSA) is 123 Å². The Kier molecular flexibility index (Phi) is 12.9. The van der Waals surface area contributed by atoms with Crippen LogP contribution in [0.25, 0.3) is 11.1 Å². The number of benzene rings is 3. The van der Waals surface area contributed by atoms with E-state index < -0.39 is 6.29 Å². The monoisotopic (exact) mass is 674 g/mol. The van der Waals surface area contributed by atoms with Crippen LogP contribution in [-0.4, -0.2) is 45.5 Å². The van der Waals surface area contributed by atoms with Crippen LogP contribution in [0.3, 0.4) is 0 Å². The summed E-state index contributed by atoms with van der Waals surface area (Å²) in [7, 11) is 0. The Morgan fingerprint density at radius 3 is 2.43 bits per heavy atom. The smallest absolute Gasteiger partial charge is 0.220 e. The van der Waals surface area contributed by atoms with Crippen molar-refractivity contribution in [2.45, 2.75) is 81.9 Å². The Morgan fingerprint density at radius 1 is 0.936 bits per heavy atom. The van der Waals surface area contributed by atoms with Gasteiger partial charge in [0.2, 0.25) is 11.8 Å². The van der Waals surface area contributed by atoms with E-state index in [-0.39, 0.29) is 30.6 Å². The van der Waals surface area contributed by atoms with Crippen LogP contribution in [0.4, 0.5) is 0 Å². The number of aliphatic hydroxyl groups is 1. The van der Waals surface area contributed by atoms with Gasteiger partial charge in [-0.1, -0.05) is 102 Å². The van der Waals surface area contributed by atoms with E-state index in [2.05, 4.69) is 39.0 Å². The Morgan fingerprint density at radius 2 is 1.70 bits per heavy atom. The second-order valence-corrected chi connectivity index (χ2v) is 14.0. The molecule has 0 radical (unpaired) electrons. The van der Waals surface area contributed by atoms with Crippen molar-refractivity contribution in [2.75, 3.05) is 12.3 Å². The highest BCUT2D eigenvalue weighted by Gasteiger charge is 2.32. The maximum Gasteiger partial charge on any atom is 0.220 e. The molecule has 47 heavy (non-hydrogen) atoms. The van der Waals surface area contributed by atoms with Crippen LogP contribution in [0.1, 0.15) is 78.7 Å². The van der Waals surface area contributed by atoms with Crippen LogP contribution in [-0.2, 0) is 32.2 Å². The van der Waals surface area contributed by atoms with E-state index >= 15 is 0 Å². The number of ether oxygens (including phenoxy) is 2. The highest BCUT2D eigenvalue weighted by molar-refractivity contribution is 8.01. The molecule has 1 fully saturated rings. The molecule has 4 aromatic rings. The van der Waals surface area contributed by atoms with Crippen LogP contribution in [0.5, 0.6) is 0 Å². The maximum atomic E-state index is 12.5. The molecule has 3 atom stereocenters. The minimum absolute atomic E-state index is 0.00203. The number of rotatable bonds is 15. The zero-order valence-corrected chi connectivity index (χ0v) is 28.4. The van der Waals surface area contributed by atoms with Gasteiger partial charge in [0.1, 0.15) is 5.01 Å². The molecular weight excluding hydrogens is 633 g/mol. The molecule has 0 aliphatic carbocycles. The zero-order chi connectivity index (χ0) is 33.0. The zero-order valence-electron chi connectivity index (χ0n) is 26.8. The lowest BCUT2D eigenvalue weighted by atomic mass is 9.97. The summed E-state index contributed by atoms with van der Waals surface area (Å²) in [5.74, 6) is 0.727. The molecule has 3 aromatic carbocycles. The van der Waals surface area contributed by atoms with Crippen LogP contribution in [0.2, 0.25) is 0 Å². The van der Waals surface area contributed by atoms with Crippen molar-refractivity contribution in [1.82, 2.24) is 20.8 Å². The molecular formula is C36H42N4O5S2. The minimum atomic E-state index is -0.546. The van der Waals surface area contributed by atoms with E-state index in [1.54, 1.807) is 23.1 Å². The maximum absolute atomic E-state index is 12.5. The average molecular weight is 675 g/mol. The van der Waals surface area contributed by atoms with Gasteiger partial charge >= 0.3 is 0 Å². The van der Waals surface area contributed by atoms with Gasteiger partial charge in [-0.05, 0) is 47.6 Å². The van der Waals surface area contributed by atoms with Gasteiger partial charge in [-0.3, -0.25) is 9.59 Å². The fraction of sp³-hybridized carbons (Fsp3) is 0.389. The van der Waals surface area contributed by atoms with Gasteiger partial charge in [-0.25, -0.2) is 0 Å². The van der Waals surface area contributed by atoms with E-state index in [0.717, 1.165) is 67.7 Å². The molecule has 1 aromatic heterocycles. The fourth-order valence-corrected chi connectivity index (χ4v) is 7.29. The second kappa shape index (κ2) is 17.5. The van der Waals surface area contributed by atoms with Gasteiger partial charge in [0, 0.05) is 44.2 Å². The molecule has 3 unspecified atom stereocenters. The molecule has 9 nitrogen and oxygen atoms in total. The Balaban J connectivity index is 1.22. The Labute approximate surface area is 284 Å². The standard InChI is InChI=1S/C36H42N4O5S2/c1-24(42)37-19-7-3-4-10-34(43)38-21-30-8-5-6-9-32(30)27-15-17-29(18-16-27)35-44-31(23-46-36-40-39-25(2)47-36)20-33(45-35)28-13-11-26(22-41)12-14-28/h5-6,8-9,11-18,31,33,35,41H,3-4,7,10,19-23H2,1-2H3,(H,37,42)(H,38,43). The SMILES string of the molecule is CC(=O)NCCCCCC(=O)NCc1ccccc1-c1ccc(C2OC(CSc3nnc(C)s3)CC(c3ccc(CO)cc3)O2)cc1. The number of nitrogens with one attached hydrogen (secondary N) is 2. The first kappa shape index (κ1) is 34.7. The van der Waals surface area contributed by atoms with Crippen LogP contribution >= 0.6 is 23.1 Å². The number of aromatic nitrogens is 2. The number of amides is 2. The van der Waals surface area contributed by atoms with Gasteiger partial charge in [0.25, 0.3) is 0 Å². The summed E-state index contributed by atoms with van der Waals surface area (Å²) >= 11 is 3.23. The lowest BCUT2D eigenvalue weighted by Gasteiger charge is -2.36. The first-order valence-corrected chi connectivity index (χ1v) is 17.8. The van der Waals surface area contributed by atoms with Gasteiger partial charge in [0.15, 0.2) is 10.6 Å². The lowest BCUT2D eigenvalue weighted by Crippen LogP contribution is -2.31. The number of aryl methyl sites for hydroxylation is 1. The first-order valence-electron chi connectivity index (χ1n) is 16.0. The Hall–Kier alpha value is -3.61. The number of aliphatic hydroxyl groups excluding tert-OH is 1. The quantitative estimate of drug-likeness (QED) is 0.0946. The second-order valence-electron chi connectivity index (χ2n) is 11.6. The normalized spacial score (nSPS) is 17.7. The van der Waals surface area contributed by atoms with Crippen molar-refractivity contribution in [3.8, 4) is 11.1 Å². The van der Waals surface area contributed by atoms with E-state index in [9.17, 15) is 14.7 Å². The predicted molar refractivity (Wildman–Crippen MR) is 185 cm³/mol. The summed E-state index contributed by atoms with van der Waals surface area (Å²) in [6.07, 6.45) is 2.94. The highest BCUT2D eigenvalue weighted by Crippen LogP contribution is 2.40. The predicted octanol–water partition coefficient (Wildman–Crippen LogP) is 6.66. The van der Waals surface area contributed by atoms with Crippen LogP contribution < -0.4 is 10.6 Å². The molecule has 0 spiro atoms. The number of nitrogens with zero attached hydrogens (tertiary/aromatic N) is 2. The Bertz CT molecular complexity index is 1600. The van der Waals surface area contributed by atoms with Gasteiger partial charge in [-0.2, -0.15) is 0 Å². The van der Waals surface area contributed by atoms with Gasteiger partial charge in [-0.15, -0.1) is 10.2 Å². The molecule has 3 N–H and O–H groups in total. The molecule has 1 aliphatic heterocycles. The van der Waals surface area contributed by atoms with Crippen molar-refractivity contribution in [3.63, 3.8) is 0 Å². The van der Waals surface area contributed by atoms with Crippen molar-refractivity contribution in [3.05, 3.63) is 100 Å². The number of hydrogen-bond acceptors (Lipinski definition) is 9. The van der Waals surface area contributed by atoms with Crippen molar-refractivity contribution in [2.24, 2.45) is 0 Å². The molecule has 248 valence electrons. The third kappa shape index (κ3) is 10.4. The highest BCUT2D eigenvalue weighted by atomic mass is 32.2. The van der Waals surface area contributed by atoms with Crippen LogP contribution in [0.15, 0.2) is 77.1 Å². The molecule has 11 heteroatoms. The molecule has 5 rings (SSSR count). The third-order valence-electron chi connectivity index (χ3n) is 7.96. The molecule has 1 saturated heterocycles. The number of hydrogen-bond donors (Lipinski definition) is 3. The lowest BCUT2D eigenvalue weighted by molar-refractivity contribution is -0.245. The van der Waals surface area contributed by atoms with Crippen molar-refractivity contribution >= 4 is 34.9 Å². The van der Waals surface area contributed by atoms with Gasteiger partial charge in [0.05, 0.1) is 18.8 Å². The average Bonchev–Trinajstić information content (AvgIpc) is 3.52. The van der Waals surface area contributed by atoms with Gasteiger partial charge < -0.3 is 25.2 Å². The van der Waals surface area contributed by atoms with Crippen molar-refractivity contribution in [1.29, 1.82) is 0 Å².